The third-order valence-electron chi connectivity index (χ3n) is 4.87. The van der Waals surface area contributed by atoms with Crippen molar-refractivity contribution in [1.82, 2.24) is 4.72 Å². The third-order valence-corrected chi connectivity index (χ3v) is 6.32. The highest BCUT2D eigenvalue weighted by Gasteiger charge is 2.30. The highest BCUT2D eigenvalue weighted by atomic mass is 32.2. The monoisotopic (exact) mass is 446 g/mol. The number of rotatable bonds is 10. The number of ether oxygens (including phenoxy) is 1. The molecular formula is C23H30N2O5S. The SMILES string of the molecule is CCc1cccc(CC)c1NC(=O)COC(=O)[C@H](NS(=O)(=O)c1ccccc1)C(C)C. The van der Waals surface area contributed by atoms with Crippen molar-refractivity contribution in [1.29, 1.82) is 0 Å². The Morgan fingerprint density at radius 1 is 0.935 bits per heavy atom. The van der Waals surface area contributed by atoms with E-state index in [0.29, 0.717) is 0 Å². The zero-order chi connectivity index (χ0) is 23.0. The van der Waals surface area contributed by atoms with E-state index < -0.39 is 34.5 Å². The third kappa shape index (κ3) is 6.63. The molecule has 0 unspecified atom stereocenters. The Balaban J connectivity index is 2.05. The fourth-order valence-electron chi connectivity index (χ4n) is 3.10. The Bertz CT molecular complexity index is 982. The predicted molar refractivity (Wildman–Crippen MR) is 120 cm³/mol. The maximum absolute atomic E-state index is 12.6. The number of amides is 1. The van der Waals surface area contributed by atoms with Crippen molar-refractivity contribution >= 4 is 27.6 Å². The van der Waals surface area contributed by atoms with Crippen LogP contribution in [0.15, 0.2) is 53.4 Å². The lowest BCUT2D eigenvalue weighted by Gasteiger charge is -2.21. The predicted octanol–water partition coefficient (Wildman–Crippen LogP) is 3.30. The molecule has 2 rings (SSSR count). The first-order chi connectivity index (χ1) is 14.7. The lowest BCUT2D eigenvalue weighted by atomic mass is 10.0. The molecule has 31 heavy (non-hydrogen) atoms. The fraction of sp³-hybridized carbons (Fsp3) is 0.391. The Labute approximate surface area is 184 Å². The van der Waals surface area contributed by atoms with Crippen molar-refractivity contribution in [2.75, 3.05) is 11.9 Å². The number of carbonyl (C=O) groups excluding carboxylic acids is 2. The summed E-state index contributed by atoms with van der Waals surface area (Å²) in [6.45, 7) is 6.89. The molecule has 0 fully saturated rings. The van der Waals surface area contributed by atoms with Crippen LogP contribution in [-0.4, -0.2) is 32.9 Å². The first-order valence-corrected chi connectivity index (χ1v) is 11.8. The summed E-state index contributed by atoms with van der Waals surface area (Å²) in [5.41, 5.74) is 2.73. The molecule has 0 radical (unpaired) electrons. The number of aryl methyl sites for hydroxylation is 2. The summed E-state index contributed by atoms with van der Waals surface area (Å²) in [6, 6.07) is 12.5. The molecule has 1 atom stereocenters. The van der Waals surface area contributed by atoms with Gasteiger partial charge in [-0.2, -0.15) is 4.72 Å². The number of carbonyl (C=O) groups is 2. The fourth-order valence-corrected chi connectivity index (χ4v) is 4.45. The van der Waals surface area contributed by atoms with Crippen molar-refractivity contribution in [3.8, 4) is 0 Å². The first kappa shape index (κ1) is 24.6. The van der Waals surface area contributed by atoms with Gasteiger partial charge in [-0.15, -0.1) is 0 Å². The van der Waals surface area contributed by atoms with Gasteiger partial charge in [0.1, 0.15) is 6.04 Å². The zero-order valence-corrected chi connectivity index (χ0v) is 19.2. The van der Waals surface area contributed by atoms with E-state index in [-0.39, 0.29) is 10.8 Å². The second-order valence-corrected chi connectivity index (χ2v) is 9.18. The molecule has 168 valence electrons. The van der Waals surface area contributed by atoms with Crippen LogP contribution >= 0.6 is 0 Å². The second kappa shape index (κ2) is 11.1. The van der Waals surface area contributed by atoms with Gasteiger partial charge in [0.25, 0.3) is 5.91 Å². The van der Waals surface area contributed by atoms with E-state index >= 15 is 0 Å². The molecule has 0 aliphatic rings. The maximum Gasteiger partial charge on any atom is 0.324 e. The quantitative estimate of drug-likeness (QED) is 0.545. The topological polar surface area (TPSA) is 102 Å². The number of anilines is 1. The van der Waals surface area contributed by atoms with Gasteiger partial charge in [0.2, 0.25) is 10.0 Å². The van der Waals surface area contributed by atoms with Crippen LogP contribution in [0.4, 0.5) is 5.69 Å². The van der Waals surface area contributed by atoms with Crippen LogP contribution in [0.2, 0.25) is 0 Å². The molecule has 0 aliphatic heterocycles. The Morgan fingerprint density at radius 3 is 2.03 bits per heavy atom. The normalized spacial score (nSPS) is 12.4. The Hall–Kier alpha value is -2.71. The van der Waals surface area contributed by atoms with Crippen LogP contribution in [0.1, 0.15) is 38.8 Å². The molecule has 8 heteroatoms. The van der Waals surface area contributed by atoms with E-state index in [2.05, 4.69) is 10.0 Å². The summed E-state index contributed by atoms with van der Waals surface area (Å²) in [5.74, 6) is -1.65. The van der Waals surface area contributed by atoms with Crippen molar-refractivity contribution in [3.05, 3.63) is 59.7 Å². The Kier molecular flexibility index (Phi) is 8.76. The molecule has 0 bridgehead atoms. The summed E-state index contributed by atoms with van der Waals surface area (Å²) in [7, 11) is -3.91. The van der Waals surface area contributed by atoms with Crippen molar-refractivity contribution in [2.24, 2.45) is 5.92 Å². The Morgan fingerprint density at radius 2 is 1.52 bits per heavy atom. The molecule has 0 aliphatic carbocycles. The standard InChI is InChI=1S/C23H30N2O5S/c1-5-17-11-10-12-18(6-2)22(17)24-20(26)15-30-23(27)21(16(3)4)25-31(28,29)19-13-8-7-9-14-19/h7-14,16,21,25H,5-6,15H2,1-4H3,(H,24,26)/t21-/m1/s1. The van der Waals surface area contributed by atoms with Crippen molar-refractivity contribution < 1.29 is 22.7 Å². The van der Waals surface area contributed by atoms with Crippen LogP contribution in [0.5, 0.6) is 0 Å². The van der Waals surface area contributed by atoms with E-state index in [1.807, 2.05) is 32.0 Å². The number of hydrogen-bond donors (Lipinski definition) is 2. The van der Waals surface area contributed by atoms with E-state index in [0.717, 1.165) is 29.7 Å². The number of nitrogens with one attached hydrogen (secondary N) is 2. The highest BCUT2D eigenvalue weighted by Crippen LogP contribution is 2.22. The van der Waals surface area contributed by atoms with E-state index in [1.54, 1.807) is 32.0 Å². The lowest BCUT2D eigenvalue weighted by Crippen LogP contribution is -2.45. The number of sulfonamides is 1. The second-order valence-electron chi connectivity index (χ2n) is 7.47. The van der Waals surface area contributed by atoms with Crippen molar-refractivity contribution in [3.63, 3.8) is 0 Å². The average Bonchev–Trinajstić information content (AvgIpc) is 2.76. The highest BCUT2D eigenvalue weighted by molar-refractivity contribution is 7.89. The molecule has 7 nitrogen and oxygen atoms in total. The molecule has 1 amide bonds. The summed E-state index contributed by atoms with van der Waals surface area (Å²) in [6.07, 6.45) is 1.50. The molecule has 0 aromatic heterocycles. The van der Waals surface area contributed by atoms with Crippen LogP contribution < -0.4 is 10.0 Å². The smallest absolute Gasteiger partial charge is 0.324 e. The van der Waals surface area contributed by atoms with Gasteiger partial charge in [-0.1, -0.05) is 64.1 Å². The van der Waals surface area contributed by atoms with E-state index in [9.17, 15) is 18.0 Å². The van der Waals surface area contributed by atoms with E-state index in [4.69, 9.17) is 4.74 Å². The molecule has 0 saturated carbocycles. The molecular weight excluding hydrogens is 416 g/mol. The average molecular weight is 447 g/mol. The van der Waals surface area contributed by atoms with Crippen LogP contribution in [0.25, 0.3) is 0 Å². The maximum atomic E-state index is 12.6. The molecule has 0 spiro atoms. The minimum Gasteiger partial charge on any atom is -0.454 e. The van der Waals surface area contributed by atoms with Gasteiger partial charge in [-0.3, -0.25) is 9.59 Å². The number of para-hydroxylation sites is 1. The lowest BCUT2D eigenvalue weighted by molar-refractivity contribution is -0.150. The zero-order valence-electron chi connectivity index (χ0n) is 18.3. The van der Waals surface area contributed by atoms with Gasteiger partial charge >= 0.3 is 5.97 Å². The number of benzene rings is 2. The van der Waals surface area contributed by atoms with Crippen LogP contribution in [0, 0.1) is 5.92 Å². The van der Waals surface area contributed by atoms with Gasteiger partial charge < -0.3 is 10.1 Å². The summed E-state index contributed by atoms with van der Waals surface area (Å²) >= 11 is 0. The van der Waals surface area contributed by atoms with Crippen molar-refractivity contribution in [2.45, 2.75) is 51.5 Å². The van der Waals surface area contributed by atoms with Gasteiger partial charge in [0.15, 0.2) is 6.61 Å². The number of hydrogen-bond acceptors (Lipinski definition) is 5. The minimum absolute atomic E-state index is 0.0504. The molecule has 2 N–H and O–H groups in total. The molecule has 2 aromatic rings. The van der Waals surface area contributed by atoms with Gasteiger partial charge in [0.05, 0.1) is 4.90 Å². The van der Waals surface area contributed by atoms with Gasteiger partial charge in [-0.05, 0) is 42.0 Å². The van der Waals surface area contributed by atoms with Crippen LogP contribution in [0.3, 0.4) is 0 Å². The van der Waals surface area contributed by atoms with E-state index in [1.165, 1.54) is 12.1 Å². The first-order valence-electron chi connectivity index (χ1n) is 10.3. The molecule has 2 aromatic carbocycles. The summed E-state index contributed by atoms with van der Waals surface area (Å²) < 4.78 is 32.7. The number of esters is 1. The minimum atomic E-state index is -3.91. The summed E-state index contributed by atoms with van der Waals surface area (Å²) in [5, 5.41) is 2.82. The van der Waals surface area contributed by atoms with Gasteiger partial charge in [-0.25, -0.2) is 8.42 Å². The molecule has 0 saturated heterocycles. The largest absolute Gasteiger partial charge is 0.454 e. The van der Waals surface area contributed by atoms with Gasteiger partial charge in [0, 0.05) is 5.69 Å². The van der Waals surface area contributed by atoms with Crippen LogP contribution in [-0.2, 0) is 37.2 Å². The molecule has 0 heterocycles. The summed E-state index contributed by atoms with van der Waals surface area (Å²) in [4.78, 5) is 25.0.